The van der Waals surface area contributed by atoms with Crippen LogP contribution in [0.15, 0.2) is 48.5 Å². The van der Waals surface area contributed by atoms with Crippen LogP contribution in [0.25, 0.3) is 0 Å². The highest BCUT2D eigenvalue weighted by atomic mass is 16.4. The monoisotopic (exact) mass is 309 g/mol. The van der Waals surface area contributed by atoms with Gasteiger partial charge in [0.05, 0.1) is 11.6 Å². The second kappa shape index (κ2) is 6.24. The number of hydrogen-bond acceptors (Lipinski definition) is 2. The van der Waals surface area contributed by atoms with Crippen LogP contribution in [0.2, 0.25) is 0 Å². The molecule has 2 aromatic rings. The number of fused-ring (bicyclic) bond motifs is 1. The third-order valence-electron chi connectivity index (χ3n) is 4.46. The van der Waals surface area contributed by atoms with E-state index in [4.69, 9.17) is 5.11 Å². The summed E-state index contributed by atoms with van der Waals surface area (Å²) in [6.07, 6.45) is 1.06. The van der Waals surface area contributed by atoms with E-state index >= 15 is 0 Å². The van der Waals surface area contributed by atoms with E-state index in [-0.39, 0.29) is 17.5 Å². The maximum absolute atomic E-state index is 12.5. The lowest BCUT2D eigenvalue weighted by molar-refractivity contribution is -0.133. The van der Waals surface area contributed by atoms with E-state index in [0.29, 0.717) is 19.4 Å². The number of nitrogens with zero attached hydrogens (tertiary/aromatic N) is 1. The Kier molecular flexibility index (Phi) is 4.15. The van der Waals surface area contributed by atoms with Gasteiger partial charge in [-0.15, -0.1) is 0 Å². The van der Waals surface area contributed by atoms with E-state index < -0.39 is 5.97 Å². The fraction of sp³-hybridized carbons (Fsp3) is 0.263. The van der Waals surface area contributed by atoms with Crippen LogP contribution in [0.5, 0.6) is 0 Å². The second-order valence-electron chi connectivity index (χ2n) is 5.90. The van der Waals surface area contributed by atoms with Crippen LogP contribution in [0.3, 0.4) is 0 Å². The Labute approximate surface area is 135 Å². The Balaban J connectivity index is 1.61. The minimum Gasteiger partial charge on any atom is -0.478 e. The average molecular weight is 309 g/mol. The molecule has 0 aliphatic carbocycles. The van der Waals surface area contributed by atoms with Gasteiger partial charge in [-0.1, -0.05) is 36.4 Å². The molecule has 0 spiro atoms. The summed E-state index contributed by atoms with van der Waals surface area (Å²) >= 11 is 0. The van der Waals surface area contributed by atoms with Crippen LogP contribution in [0.4, 0.5) is 0 Å². The highest BCUT2D eigenvalue weighted by Gasteiger charge is 2.29. The molecule has 1 atom stereocenters. The number of rotatable bonds is 4. The molecule has 1 aliphatic heterocycles. The molecule has 0 saturated heterocycles. The molecule has 2 aromatic carbocycles. The standard InChI is InChI=1S/C19H19NO3/c1-13-17-5-3-2-4-16(17)12-20(13)18(21)11-8-14-6-9-15(10-7-14)19(22)23/h2-7,9-10,13H,8,11-12H2,1H3,(H,22,23)/t13-/m0/s1. The number of carboxylic acid groups (broad SMARTS) is 1. The van der Waals surface area contributed by atoms with Crippen LogP contribution in [0.1, 0.15) is 46.4 Å². The molecule has 0 aromatic heterocycles. The summed E-state index contributed by atoms with van der Waals surface area (Å²) in [4.78, 5) is 25.3. The molecular formula is C19H19NO3. The first-order chi connectivity index (χ1) is 11.1. The van der Waals surface area contributed by atoms with Crippen molar-refractivity contribution in [3.63, 3.8) is 0 Å². The molecule has 1 N–H and O–H groups in total. The highest BCUT2D eigenvalue weighted by Crippen LogP contribution is 2.33. The number of carboxylic acids is 1. The lowest BCUT2D eigenvalue weighted by Crippen LogP contribution is -2.28. The SMILES string of the molecule is C[C@H]1c2ccccc2CN1C(=O)CCc1ccc(C(=O)O)cc1. The third-order valence-corrected chi connectivity index (χ3v) is 4.46. The van der Waals surface area contributed by atoms with Gasteiger partial charge in [0.1, 0.15) is 0 Å². The largest absolute Gasteiger partial charge is 0.478 e. The fourth-order valence-corrected chi connectivity index (χ4v) is 3.09. The summed E-state index contributed by atoms with van der Waals surface area (Å²) in [6.45, 7) is 2.74. The molecular weight excluding hydrogens is 290 g/mol. The van der Waals surface area contributed by atoms with Gasteiger partial charge in [0, 0.05) is 13.0 Å². The first-order valence-electron chi connectivity index (χ1n) is 7.76. The maximum atomic E-state index is 12.5. The Morgan fingerprint density at radius 2 is 1.83 bits per heavy atom. The first-order valence-corrected chi connectivity index (χ1v) is 7.76. The molecule has 0 unspecified atom stereocenters. The molecule has 23 heavy (non-hydrogen) atoms. The molecule has 0 radical (unpaired) electrons. The zero-order valence-corrected chi connectivity index (χ0v) is 13.0. The zero-order valence-electron chi connectivity index (χ0n) is 13.0. The van der Waals surface area contributed by atoms with Gasteiger partial charge in [0.2, 0.25) is 5.91 Å². The van der Waals surface area contributed by atoms with Crippen molar-refractivity contribution < 1.29 is 14.7 Å². The number of amides is 1. The summed E-state index contributed by atoms with van der Waals surface area (Å²) in [5.74, 6) is -0.799. The Morgan fingerprint density at radius 3 is 2.48 bits per heavy atom. The first kappa shape index (κ1) is 15.3. The minimum atomic E-state index is -0.934. The highest BCUT2D eigenvalue weighted by molar-refractivity contribution is 5.87. The molecule has 0 fully saturated rings. The van der Waals surface area contributed by atoms with Crippen molar-refractivity contribution in [1.29, 1.82) is 0 Å². The molecule has 4 heteroatoms. The van der Waals surface area contributed by atoms with E-state index in [2.05, 4.69) is 19.1 Å². The van der Waals surface area contributed by atoms with Crippen molar-refractivity contribution in [3.05, 3.63) is 70.8 Å². The van der Waals surface area contributed by atoms with Crippen LogP contribution in [-0.2, 0) is 17.8 Å². The number of benzene rings is 2. The zero-order chi connectivity index (χ0) is 16.4. The molecule has 3 rings (SSSR count). The molecule has 0 saturated carbocycles. The van der Waals surface area contributed by atoms with E-state index in [0.717, 1.165) is 5.56 Å². The fourth-order valence-electron chi connectivity index (χ4n) is 3.09. The van der Waals surface area contributed by atoms with E-state index in [1.807, 2.05) is 17.0 Å². The van der Waals surface area contributed by atoms with E-state index in [1.54, 1.807) is 24.3 Å². The Hall–Kier alpha value is -2.62. The molecule has 1 heterocycles. The lowest BCUT2D eigenvalue weighted by Gasteiger charge is -2.22. The van der Waals surface area contributed by atoms with Crippen molar-refractivity contribution in [2.45, 2.75) is 32.4 Å². The van der Waals surface area contributed by atoms with Crippen molar-refractivity contribution in [1.82, 2.24) is 4.90 Å². The van der Waals surface area contributed by atoms with Crippen LogP contribution in [0, 0.1) is 0 Å². The van der Waals surface area contributed by atoms with Gasteiger partial charge in [-0.3, -0.25) is 4.79 Å². The predicted molar refractivity (Wildman–Crippen MR) is 87.1 cm³/mol. The second-order valence-corrected chi connectivity index (χ2v) is 5.90. The maximum Gasteiger partial charge on any atom is 0.335 e. The Morgan fingerprint density at radius 1 is 1.13 bits per heavy atom. The molecule has 0 bridgehead atoms. The normalized spacial score (nSPS) is 16.2. The summed E-state index contributed by atoms with van der Waals surface area (Å²) in [5.41, 5.74) is 3.70. The molecule has 118 valence electrons. The van der Waals surface area contributed by atoms with Gasteiger partial charge in [-0.2, -0.15) is 0 Å². The van der Waals surface area contributed by atoms with Gasteiger partial charge in [0.15, 0.2) is 0 Å². The molecule has 4 nitrogen and oxygen atoms in total. The number of carbonyl (C=O) groups excluding carboxylic acids is 1. The number of hydrogen-bond donors (Lipinski definition) is 1. The quantitative estimate of drug-likeness (QED) is 0.941. The van der Waals surface area contributed by atoms with Crippen LogP contribution < -0.4 is 0 Å². The van der Waals surface area contributed by atoms with Crippen LogP contribution >= 0.6 is 0 Å². The van der Waals surface area contributed by atoms with Gasteiger partial charge >= 0.3 is 5.97 Å². The number of aromatic carboxylic acids is 1. The minimum absolute atomic E-state index is 0.119. The van der Waals surface area contributed by atoms with Crippen molar-refractivity contribution >= 4 is 11.9 Å². The van der Waals surface area contributed by atoms with Gasteiger partial charge < -0.3 is 10.0 Å². The summed E-state index contributed by atoms with van der Waals surface area (Å²) in [5, 5.41) is 8.89. The summed E-state index contributed by atoms with van der Waals surface area (Å²) in [6, 6.07) is 15.0. The third kappa shape index (κ3) is 3.11. The summed E-state index contributed by atoms with van der Waals surface area (Å²) < 4.78 is 0. The van der Waals surface area contributed by atoms with E-state index in [1.165, 1.54) is 11.1 Å². The Bertz CT molecular complexity index is 737. The van der Waals surface area contributed by atoms with Crippen molar-refractivity contribution in [3.8, 4) is 0 Å². The predicted octanol–water partition coefficient (Wildman–Crippen LogP) is 3.42. The molecule has 1 aliphatic rings. The van der Waals surface area contributed by atoms with E-state index in [9.17, 15) is 9.59 Å². The smallest absolute Gasteiger partial charge is 0.335 e. The van der Waals surface area contributed by atoms with Gasteiger partial charge in [-0.25, -0.2) is 4.79 Å². The average Bonchev–Trinajstić information content (AvgIpc) is 2.90. The van der Waals surface area contributed by atoms with Crippen LogP contribution in [-0.4, -0.2) is 21.9 Å². The lowest BCUT2D eigenvalue weighted by atomic mass is 10.1. The van der Waals surface area contributed by atoms with Crippen molar-refractivity contribution in [2.75, 3.05) is 0 Å². The van der Waals surface area contributed by atoms with Gasteiger partial charge in [-0.05, 0) is 42.2 Å². The molecule has 1 amide bonds. The van der Waals surface area contributed by atoms with Gasteiger partial charge in [0.25, 0.3) is 0 Å². The van der Waals surface area contributed by atoms with Crippen molar-refractivity contribution in [2.24, 2.45) is 0 Å². The topological polar surface area (TPSA) is 57.6 Å². The number of aryl methyl sites for hydroxylation is 1. The number of carbonyl (C=O) groups is 2. The summed E-state index contributed by atoms with van der Waals surface area (Å²) in [7, 11) is 0.